The van der Waals surface area contributed by atoms with Gasteiger partial charge in [-0.15, -0.1) is 0 Å². The summed E-state index contributed by atoms with van der Waals surface area (Å²) in [4.78, 5) is 13.0. The van der Waals surface area contributed by atoms with E-state index in [4.69, 9.17) is 23.4 Å². The molecule has 7 N–H and O–H groups in total. The number of methoxy groups -OCH3 is 2. The predicted octanol–water partition coefficient (Wildman–Crippen LogP) is -0.227. The molecule has 194 valence electrons. The largest absolute Gasteiger partial charge is 0.508 e. The van der Waals surface area contributed by atoms with Gasteiger partial charge in [0.15, 0.2) is 17.3 Å². The van der Waals surface area contributed by atoms with E-state index in [0.29, 0.717) is 0 Å². The van der Waals surface area contributed by atoms with Crippen LogP contribution in [-0.4, -0.2) is 87.3 Å². The number of ether oxygens (including phenoxy) is 4. The first-order valence-corrected chi connectivity index (χ1v) is 10.6. The van der Waals surface area contributed by atoms with E-state index in [9.17, 15) is 40.5 Å². The molecule has 2 aromatic carbocycles. The van der Waals surface area contributed by atoms with Crippen molar-refractivity contribution in [2.24, 2.45) is 0 Å². The Morgan fingerprint density at radius 2 is 1.61 bits per heavy atom. The lowest BCUT2D eigenvalue weighted by atomic mass is 9.99. The lowest BCUT2D eigenvalue weighted by Gasteiger charge is -2.39. The van der Waals surface area contributed by atoms with Gasteiger partial charge in [0.25, 0.3) is 0 Å². The van der Waals surface area contributed by atoms with E-state index in [2.05, 4.69) is 0 Å². The van der Waals surface area contributed by atoms with Crippen LogP contribution in [0.3, 0.4) is 0 Å². The number of benzene rings is 2. The number of phenolic OH excluding ortho intramolecular Hbond substituents is 3. The highest BCUT2D eigenvalue weighted by Gasteiger charge is 2.45. The number of rotatable bonds is 6. The molecule has 0 bridgehead atoms. The van der Waals surface area contributed by atoms with Gasteiger partial charge >= 0.3 is 0 Å². The van der Waals surface area contributed by atoms with Crippen LogP contribution in [-0.2, 0) is 4.74 Å². The summed E-state index contributed by atoms with van der Waals surface area (Å²) in [7, 11) is 2.47. The molecule has 5 atom stereocenters. The van der Waals surface area contributed by atoms with Gasteiger partial charge in [-0.1, -0.05) is 0 Å². The van der Waals surface area contributed by atoms with Crippen molar-refractivity contribution in [2.45, 2.75) is 30.7 Å². The second-order valence-corrected chi connectivity index (χ2v) is 7.97. The van der Waals surface area contributed by atoms with Crippen LogP contribution in [0.15, 0.2) is 33.5 Å². The lowest BCUT2D eigenvalue weighted by Crippen LogP contribution is -2.60. The topological polar surface area (TPSA) is 209 Å². The summed E-state index contributed by atoms with van der Waals surface area (Å²) in [5, 5.41) is 69.8. The summed E-state index contributed by atoms with van der Waals surface area (Å²) in [5.41, 5.74) is -0.902. The lowest BCUT2D eigenvalue weighted by molar-refractivity contribution is -0.277. The number of phenols is 3. The Morgan fingerprint density at radius 3 is 2.25 bits per heavy atom. The Balaban J connectivity index is 1.80. The molecule has 0 amide bonds. The van der Waals surface area contributed by atoms with Gasteiger partial charge < -0.3 is 59.1 Å². The van der Waals surface area contributed by atoms with Gasteiger partial charge in [0.1, 0.15) is 52.6 Å². The molecular weight excluding hydrogens is 484 g/mol. The van der Waals surface area contributed by atoms with E-state index >= 15 is 0 Å². The molecule has 1 aromatic heterocycles. The number of aromatic hydroxyl groups is 3. The number of fused-ring (bicyclic) bond motifs is 1. The van der Waals surface area contributed by atoms with Crippen LogP contribution in [0, 0.1) is 0 Å². The molecule has 1 aliphatic heterocycles. The van der Waals surface area contributed by atoms with E-state index in [1.54, 1.807) is 0 Å². The maximum absolute atomic E-state index is 13.0. The molecule has 0 aliphatic carbocycles. The molecule has 2 heterocycles. The van der Waals surface area contributed by atoms with Gasteiger partial charge in [0.2, 0.25) is 17.5 Å². The third kappa shape index (κ3) is 4.23. The molecule has 13 nitrogen and oxygen atoms in total. The highest BCUT2D eigenvalue weighted by molar-refractivity contribution is 5.89. The van der Waals surface area contributed by atoms with Crippen LogP contribution in [0.25, 0.3) is 22.3 Å². The Bertz CT molecular complexity index is 1330. The van der Waals surface area contributed by atoms with Crippen LogP contribution < -0.4 is 19.6 Å². The zero-order valence-corrected chi connectivity index (χ0v) is 19.0. The molecule has 0 radical (unpaired) electrons. The van der Waals surface area contributed by atoms with Gasteiger partial charge in [-0.05, 0) is 6.07 Å². The second-order valence-electron chi connectivity index (χ2n) is 7.97. The summed E-state index contributed by atoms with van der Waals surface area (Å²) < 4.78 is 27.1. The van der Waals surface area contributed by atoms with Gasteiger partial charge in [-0.25, -0.2) is 0 Å². The van der Waals surface area contributed by atoms with Crippen molar-refractivity contribution in [3.63, 3.8) is 0 Å². The van der Waals surface area contributed by atoms with E-state index in [1.165, 1.54) is 20.3 Å². The first kappa shape index (κ1) is 25.3. The number of aliphatic hydroxyl groups excluding tert-OH is 4. The predicted molar refractivity (Wildman–Crippen MR) is 120 cm³/mol. The van der Waals surface area contributed by atoms with E-state index in [-0.39, 0.29) is 45.3 Å². The van der Waals surface area contributed by atoms with Crippen molar-refractivity contribution in [3.05, 3.63) is 34.5 Å². The molecule has 1 fully saturated rings. The Morgan fingerprint density at radius 1 is 0.889 bits per heavy atom. The Labute approximate surface area is 202 Å². The number of hydrogen-bond donors (Lipinski definition) is 7. The van der Waals surface area contributed by atoms with Crippen molar-refractivity contribution in [2.75, 3.05) is 20.8 Å². The molecule has 3 aromatic rings. The van der Waals surface area contributed by atoms with Crippen LogP contribution >= 0.6 is 0 Å². The van der Waals surface area contributed by atoms with Crippen molar-refractivity contribution in [3.8, 4) is 45.8 Å². The molecule has 13 heteroatoms. The average Bonchev–Trinajstić information content (AvgIpc) is 2.84. The molecule has 36 heavy (non-hydrogen) atoms. The fourth-order valence-electron chi connectivity index (χ4n) is 3.91. The number of hydrogen-bond acceptors (Lipinski definition) is 13. The van der Waals surface area contributed by atoms with Gasteiger partial charge in [0.05, 0.1) is 26.4 Å². The molecule has 4 rings (SSSR count). The highest BCUT2D eigenvalue weighted by Crippen LogP contribution is 2.44. The third-order valence-electron chi connectivity index (χ3n) is 5.74. The summed E-state index contributed by atoms with van der Waals surface area (Å²) in [6.07, 6.45) is -7.85. The monoisotopic (exact) mass is 508 g/mol. The minimum Gasteiger partial charge on any atom is -0.508 e. The standard InChI is InChI=1S/C23H24O13/c1-32-12-6-13(35-23-20(31)19(30)17(28)15(7-24)36-23)10(26)5-9(12)21-22(33-2)18(29)16-11(27)3-8(25)4-14(16)34-21/h3-6,15,17,19-20,23-28,30-31H,7H2,1-2H3/t15-,17-,19+,20-,23-/m1/s1. The van der Waals surface area contributed by atoms with Crippen molar-refractivity contribution >= 4 is 11.0 Å². The fraction of sp³-hybridized carbons (Fsp3) is 0.348. The van der Waals surface area contributed by atoms with E-state index in [1.807, 2.05) is 0 Å². The average molecular weight is 508 g/mol. The Kier molecular flexibility index (Phi) is 6.84. The third-order valence-corrected chi connectivity index (χ3v) is 5.74. The van der Waals surface area contributed by atoms with Crippen molar-refractivity contribution in [1.82, 2.24) is 0 Å². The summed E-state index contributed by atoms with van der Waals surface area (Å²) in [5.74, 6) is -2.24. The van der Waals surface area contributed by atoms with Gasteiger partial charge in [-0.2, -0.15) is 0 Å². The molecule has 0 saturated carbocycles. The maximum atomic E-state index is 13.0. The van der Waals surface area contributed by atoms with Crippen molar-refractivity contribution < 1.29 is 59.1 Å². The first-order valence-electron chi connectivity index (χ1n) is 10.6. The first-order chi connectivity index (χ1) is 17.1. The molecule has 1 aliphatic rings. The van der Waals surface area contributed by atoms with Crippen LogP contribution in [0.4, 0.5) is 0 Å². The van der Waals surface area contributed by atoms with Crippen molar-refractivity contribution in [1.29, 1.82) is 0 Å². The molecular formula is C23H24O13. The summed E-state index contributed by atoms with van der Waals surface area (Å²) in [6.45, 7) is -0.676. The molecule has 0 unspecified atom stereocenters. The maximum Gasteiger partial charge on any atom is 0.239 e. The number of aliphatic hydroxyl groups is 4. The van der Waals surface area contributed by atoms with Crippen LogP contribution in [0.5, 0.6) is 34.5 Å². The SMILES string of the molecule is COc1cc(O[C@@H]2O[C@H](CO)[C@@H](O)[C@H](O)[C@H]2O)c(O)cc1-c1oc2cc(O)cc(O)c2c(=O)c1OC. The second kappa shape index (κ2) is 9.72. The smallest absolute Gasteiger partial charge is 0.239 e. The zero-order valence-electron chi connectivity index (χ0n) is 19.0. The van der Waals surface area contributed by atoms with E-state index < -0.39 is 54.2 Å². The van der Waals surface area contributed by atoms with Gasteiger partial charge in [-0.3, -0.25) is 4.79 Å². The van der Waals surface area contributed by atoms with E-state index in [0.717, 1.165) is 18.2 Å². The quantitative estimate of drug-likeness (QED) is 0.230. The molecule has 1 saturated heterocycles. The zero-order chi connectivity index (χ0) is 26.3. The minimum atomic E-state index is -1.73. The molecule has 0 spiro atoms. The minimum absolute atomic E-state index is 0.00225. The fourth-order valence-corrected chi connectivity index (χ4v) is 3.91. The summed E-state index contributed by atoms with van der Waals surface area (Å²) >= 11 is 0. The van der Waals surface area contributed by atoms with Crippen LogP contribution in [0.2, 0.25) is 0 Å². The van der Waals surface area contributed by atoms with Crippen LogP contribution in [0.1, 0.15) is 0 Å². The van der Waals surface area contributed by atoms with Gasteiger partial charge in [0, 0.05) is 18.2 Å². The summed E-state index contributed by atoms with van der Waals surface area (Å²) in [6, 6.07) is 4.36. The highest BCUT2D eigenvalue weighted by atomic mass is 16.7. The Hall–Kier alpha value is -3.75. The normalized spacial score (nSPS) is 24.0.